The third-order valence-corrected chi connectivity index (χ3v) is 6.46. The van der Waals surface area contributed by atoms with Gasteiger partial charge in [0.2, 0.25) is 5.91 Å². The van der Waals surface area contributed by atoms with E-state index in [4.69, 9.17) is 9.72 Å². The fraction of sp³-hybridized carbons (Fsp3) is 0.222. The van der Waals surface area contributed by atoms with Crippen molar-refractivity contribution in [3.63, 3.8) is 0 Å². The first-order valence-corrected chi connectivity index (χ1v) is 12.1. The Morgan fingerprint density at radius 2 is 1.71 bits per heavy atom. The van der Waals surface area contributed by atoms with Crippen molar-refractivity contribution in [1.29, 1.82) is 0 Å². The molecular weight excluding hydrogens is 446 g/mol. The van der Waals surface area contributed by atoms with E-state index in [2.05, 4.69) is 0 Å². The van der Waals surface area contributed by atoms with Crippen molar-refractivity contribution >= 4 is 28.6 Å². The molecule has 1 atom stereocenters. The van der Waals surface area contributed by atoms with Gasteiger partial charge in [0, 0.05) is 13.6 Å². The fourth-order valence-electron chi connectivity index (χ4n) is 3.73. The number of benzene rings is 3. The quantitative estimate of drug-likeness (QED) is 0.268. The van der Waals surface area contributed by atoms with Gasteiger partial charge in [0.15, 0.2) is 5.16 Å². The van der Waals surface area contributed by atoms with Gasteiger partial charge in [-0.1, -0.05) is 54.2 Å². The van der Waals surface area contributed by atoms with Gasteiger partial charge in [-0.15, -0.1) is 0 Å². The molecule has 1 unspecified atom stereocenters. The average molecular weight is 474 g/mol. The van der Waals surface area contributed by atoms with Gasteiger partial charge >= 0.3 is 0 Å². The molecular formula is C27H27N3O3S. The van der Waals surface area contributed by atoms with Crippen LogP contribution < -0.4 is 10.3 Å². The highest BCUT2D eigenvalue weighted by Crippen LogP contribution is 2.27. The van der Waals surface area contributed by atoms with Crippen LogP contribution >= 0.6 is 11.8 Å². The number of rotatable bonds is 8. The summed E-state index contributed by atoms with van der Waals surface area (Å²) in [5.74, 6) is 0.697. The van der Waals surface area contributed by atoms with Crippen LogP contribution in [-0.4, -0.2) is 39.3 Å². The zero-order chi connectivity index (χ0) is 24.1. The van der Waals surface area contributed by atoms with Crippen molar-refractivity contribution in [2.45, 2.75) is 30.8 Å². The number of fused-ring (bicyclic) bond motifs is 1. The second kappa shape index (κ2) is 10.6. The first-order valence-electron chi connectivity index (χ1n) is 11.2. The summed E-state index contributed by atoms with van der Waals surface area (Å²) in [5.41, 5.74) is 2.17. The van der Waals surface area contributed by atoms with Crippen molar-refractivity contribution in [2.75, 3.05) is 13.7 Å². The number of carbonyl (C=O) groups is 1. The number of nitrogens with zero attached hydrogens (tertiary/aromatic N) is 3. The third kappa shape index (κ3) is 5.15. The maximum atomic E-state index is 13.5. The second-order valence-corrected chi connectivity index (χ2v) is 9.23. The Labute approximate surface area is 203 Å². The molecule has 7 heteroatoms. The topological polar surface area (TPSA) is 64.4 Å². The Morgan fingerprint density at radius 3 is 2.41 bits per heavy atom. The number of para-hydroxylation sites is 1. The van der Waals surface area contributed by atoms with Crippen molar-refractivity contribution < 1.29 is 9.53 Å². The summed E-state index contributed by atoms with van der Waals surface area (Å²) in [6.07, 6.45) is 0. The van der Waals surface area contributed by atoms with Gasteiger partial charge in [-0.05, 0) is 55.8 Å². The van der Waals surface area contributed by atoms with Crippen LogP contribution in [0.3, 0.4) is 0 Å². The number of hydrogen-bond donors (Lipinski definition) is 0. The normalized spacial score (nSPS) is 11.9. The van der Waals surface area contributed by atoms with Crippen molar-refractivity contribution in [3.8, 4) is 11.4 Å². The highest BCUT2D eigenvalue weighted by atomic mass is 32.2. The molecule has 0 N–H and O–H groups in total. The number of ether oxygens (including phenoxy) is 1. The fourth-order valence-corrected chi connectivity index (χ4v) is 4.77. The molecule has 1 amide bonds. The molecule has 0 saturated carbocycles. The SMILES string of the molecule is CCOc1ccc(-n2c(SC(C)C(=O)N(C)Cc3ccccc3)nc3ccccc3c2=O)cc1. The smallest absolute Gasteiger partial charge is 0.266 e. The van der Waals surface area contributed by atoms with Crippen LogP contribution in [0, 0.1) is 0 Å². The lowest BCUT2D eigenvalue weighted by atomic mass is 10.2. The highest BCUT2D eigenvalue weighted by Gasteiger charge is 2.23. The summed E-state index contributed by atoms with van der Waals surface area (Å²) in [7, 11) is 1.79. The summed E-state index contributed by atoms with van der Waals surface area (Å²) >= 11 is 1.28. The summed E-state index contributed by atoms with van der Waals surface area (Å²) < 4.78 is 7.11. The minimum Gasteiger partial charge on any atom is -0.494 e. The van der Waals surface area contributed by atoms with E-state index in [1.54, 1.807) is 22.6 Å². The molecule has 0 aliphatic carbocycles. The van der Waals surface area contributed by atoms with Crippen LogP contribution in [0.15, 0.2) is 88.8 Å². The predicted octanol–water partition coefficient (Wildman–Crippen LogP) is 4.92. The maximum Gasteiger partial charge on any atom is 0.266 e. The van der Waals surface area contributed by atoms with Crippen LogP contribution in [-0.2, 0) is 11.3 Å². The summed E-state index contributed by atoms with van der Waals surface area (Å²) in [5, 5.41) is 0.568. The molecule has 34 heavy (non-hydrogen) atoms. The molecule has 0 saturated heterocycles. The van der Waals surface area contributed by atoms with Gasteiger partial charge in [0.25, 0.3) is 5.56 Å². The number of thioether (sulfide) groups is 1. The Morgan fingerprint density at radius 1 is 1.03 bits per heavy atom. The minimum absolute atomic E-state index is 0.0329. The zero-order valence-electron chi connectivity index (χ0n) is 19.5. The minimum atomic E-state index is -0.435. The molecule has 1 aromatic heterocycles. The molecule has 6 nitrogen and oxygen atoms in total. The lowest BCUT2D eigenvalue weighted by Crippen LogP contribution is -2.33. The number of aromatic nitrogens is 2. The average Bonchev–Trinajstić information content (AvgIpc) is 2.85. The van der Waals surface area contributed by atoms with Gasteiger partial charge in [0.1, 0.15) is 5.75 Å². The van der Waals surface area contributed by atoms with E-state index in [0.29, 0.717) is 34.9 Å². The number of carbonyl (C=O) groups excluding carboxylic acids is 1. The Hall–Kier alpha value is -3.58. The molecule has 3 aromatic carbocycles. The third-order valence-electron chi connectivity index (χ3n) is 5.42. The molecule has 1 heterocycles. The van der Waals surface area contributed by atoms with E-state index < -0.39 is 5.25 Å². The van der Waals surface area contributed by atoms with E-state index >= 15 is 0 Å². The van der Waals surface area contributed by atoms with Gasteiger partial charge in [-0.3, -0.25) is 14.2 Å². The van der Waals surface area contributed by atoms with E-state index in [0.717, 1.165) is 11.3 Å². The van der Waals surface area contributed by atoms with Crippen LogP contribution in [0.2, 0.25) is 0 Å². The molecule has 4 aromatic rings. The number of hydrogen-bond acceptors (Lipinski definition) is 5. The van der Waals surface area contributed by atoms with Crippen LogP contribution in [0.5, 0.6) is 5.75 Å². The lowest BCUT2D eigenvalue weighted by molar-refractivity contribution is -0.129. The monoisotopic (exact) mass is 473 g/mol. The van der Waals surface area contributed by atoms with Gasteiger partial charge in [-0.2, -0.15) is 0 Å². The second-order valence-electron chi connectivity index (χ2n) is 7.92. The van der Waals surface area contributed by atoms with E-state index in [1.165, 1.54) is 11.8 Å². The molecule has 0 bridgehead atoms. The standard InChI is InChI=1S/C27H27N3O3S/c1-4-33-22-16-14-21(15-17-22)30-26(32)23-12-8-9-13-24(23)28-27(30)34-19(2)25(31)29(3)18-20-10-6-5-7-11-20/h5-17,19H,4,18H2,1-3H3. The highest BCUT2D eigenvalue weighted by molar-refractivity contribution is 8.00. The zero-order valence-corrected chi connectivity index (χ0v) is 20.3. The Bertz CT molecular complexity index is 1340. The van der Waals surface area contributed by atoms with Crippen LogP contribution in [0.4, 0.5) is 0 Å². The van der Waals surface area contributed by atoms with Gasteiger partial charge in [0.05, 0.1) is 28.4 Å². The molecule has 4 rings (SSSR count). The van der Waals surface area contributed by atoms with Gasteiger partial charge < -0.3 is 9.64 Å². The molecule has 0 aliphatic heterocycles. The summed E-state index contributed by atoms with van der Waals surface area (Å²) in [6.45, 7) is 4.85. The summed E-state index contributed by atoms with van der Waals surface area (Å²) in [4.78, 5) is 33.1. The molecule has 0 aliphatic rings. The van der Waals surface area contributed by atoms with E-state index in [9.17, 15) is 9.59 Å². The summed E-state index contributed by atoms with van der Waals surface area (Å²) in [6, 6.07) is 24.5. The lowest BCUT2D eigenvalue weighted by Gasteiger charge is -2.22. The molecule has 0 fully saturated rings. The van der Waals surface area contributed by atoms with Crippen molar-refractivity contribution in [3.05, 3.63) is 94.8 Å². The largest absolute Gasteiger partial charge is 0.494 e. The van der Waals surface area contributed by atoms with Crippen molar-refractivity contribution in [1.82, 2.24) is 14.5 Å². The van der Waals surface area contributed by atoms with E-state index in [1.807, 2.05) is 86.6 Å². The Balaban J connectivity index is 1.67. The molecule has 0 spiro atoms. The molecule has 0 radical (unpaired) electrons. The van der Waals surface area contributed by atoms with Gasteiger partial charge in [-0.25, -0.2) is 4.98 Å². The van der Waals surface area contributed by atoms with Crippen LogP contribution in [0.1, 0.15) is 19.4 Å². The first-order chi connectivity index (χ1) is 16.5. The van der Waals surface area contributed by atoms with Crippen LogP contribution in [0.25, 0.3) is 16.6 Å². The Kier molecular flexibility index (Phi) is 7.33. The number of amides is 1. The molecule has 174 valence electrons. The van der Waals surface area contributed by atoms with E-state index in [-0.39, 0.29) is 11.5 Å². The first kappa shape index (κ1) is 23.6. The van der Waals surface area contributed by atoms with Crippen molar-refractivity contribution in [2.24, 2.45) is 0 Å². The maximum absolute atomic E-state index is 13.5. The predicted molar refractivity (Wildman–Crippen MR) is 137 cm³/mol.